The normalized spacial score (nSPS) is 41.8. The summed E-state index contributed by atoms with van der Waals surface area (Å²) < 4.78 is 0. The average Bonchev–Trinajstić information content (AvgIpc) is 2.35. The minimum absolute atomic E-state index is 0.868. The highest BCUT2D eigenvalue weighted by atomic mass is 32.2. The lowest BCUT2D eigenvalue weighted by Gasteiger charge is -2.54. The number of nitrogens with zero attached hydrogens (tertiary/aromatic N) is 1. The van der Waals surface area contributed by atoms with Crippen LogP contribution in [-0.2, 0) is 0 Å². The Morgan fingerprint density at radius 3 is 2.33 bits per heavy atom. The van der Waals surface area contributed by atoms with E-state index < -0.39 is 0 Å². The average molecular weight is 262 g/mol. The first-order valence-corrected chi connectivity index (χ1v) is 8.40. The van der Waals surface area contributed by atoms with Gasteiger partial charge in [0, 0.05) is 12.6 Å². The van der Waals surface area contributed by atoms with Crippen LogP contribution in [0, 0.1) is 40.9 Å². The molecule has 0 spiro atoms. The summed E-state index contributed by atoms with van der Waals surface area (Å²) in [6.45, 7) is 1.09. The number of hydrogen-bond donors (Lipinski definition) is 1. The second-order valence-electron chi connectivity index (χ2n) is 6.32. The summed E-state index contributed by atoms with van der Waals surface area (Å²) in [4.78, 5) is 0. The SMILES string of the molecule is CS/C(=C\C#N)NCC1C2CC3CC(C2)CC1C3. The summed E-state index contributed by atoms with van der Waals surface area (Å²) in [5, 5.41) is 13.3. The van der Waals surface area contributed by atoms with Gasteiger partial charge in [0.05, 0.1) is 11.1 Å². The zero-order chi connectivity index (χ0) is 12.5. The van der Waals surface area contributed by atoms with E-state index >= 15 is 0 Å². The van der Waals surface area contributed by atoms with Crippen molar-refractivity contribution in [2.24, 2.45) is 29.6 Å². The van der Waals surface area contributed by atoms with Crippen LogP contribution in [0.4, 0.5) is 0 Å². The Balaban J connectivity index is 1.60. The lowest BCUT2D eigenvalue weighted by molar-refractivity contribution is -0.0344. The molecule has 0 unspecified atom stereocenters. The number of rotatable bonds is 4. The van der Waals surface area contributed by atoms with Crippen molar-refractivity contribution in [3.8, 4) is 6.07 Å². The van der Waals surface area contributed by atoms with Gasteiger partial charge in [0.15, 0.2) is 0 Å². The molecule has 0 aliphatic heterocycles. The van der Waals surface area contributed by atoms with Gasteiger partial charge in [-0.1, -0.05) is 0 Å². The van der Waals surface area contributed by atoms with Gasteiger partial charge >= 0.3 is 0 Å². The minimum Gasteiger partial charge on any atom is -0.379 e. The third-order valence-electron chi connectivity index (χ3n) is 5.35. The predicted octanol–water partition coefficient (Wildman–Crippen LogP) is 3.38. The van der Waals surface area contributed by atoms with Crippen molar-refractivity contribution in [1.29, 1.82) is 5.26 Å². The summed E-state index contributed by atoms with van der Waals surface area (Å²) in [7, 11) is 0. The van der Waals surface area contributed by atoms with Gasteiger partial charge in [0.25, 0.3) is 0 Å². The molecule has 0 atom stereocenters. The monoisotopic (exact) mass is 262 g/mol. The molecular weight excluding hydrogens is 240 g/mol. The molecule has 0 aromatic rings. The first-order valence-electron chi connectivity index (χ1n) is 7.17. The van der Waals surface area contributed by atoms with E-state index in [2.05, 4.69) is 11.4 Å². The number of nitrogens with one attached hydrogen (secondary N) is 1. The maximum atomic E-state index is 8.73. The number of allylic oxidation sites excluding steroid dienone is 1. The van der Waals surface area contributed by atoms with E-state index in [9.17, 15) is 0 Å². The molecule has 3 heteroatoms. The van der Waals surface area contributed by atoms with Gasteiger partial charge in [-0.05, 0) is 67.9 Å². The fraction of sp³-hybridized carbons (Fsp3) is 0.800. The molecule has 0 amide bonds. The van der Waals surface area contributed by atoms with Gasteiger partial charge in [-0.2, -0.15) is 5.26 Å². The highest BCUT2D eigenvalue weighted by Gasteiger charge is 2.47. The van der Waals surface area contributed by atoms with Crippen LogP contribution in [0.25, 0.3) is 0 Å². The topological polar surface area (TPSA) is 35.8 Å². The van der Waals surface area contributed by atoms with Crippen LogP contribution in [0.1, 0.15) is 32.1 Å². The van der Waals surface area contributed by atoms with Crippen molar-refractivity contribution in [3.05, 3.63) is 11.1 Å². The van der Waals surface area contributed by atoms with E-state index in [1.165, 1.54) is 32.1 Å². The van der Waals surface area contributed by atoms with E-state index in [1.807, 2.05) is 6.26 Å². The number of thioether (sulfide) groups is 1. The molecular formula is C15H22N2S. The molecule has 0 saturated heterocycles. The van der Waals surface area contributed by atoms with E-state index in [-0.39, 0.29) is 0 Å². The summed E-state index contributed by atoms with van der Waals surface area (Å²) >= 11 is 1.65. The van der Waals surface area contributed by atoms with Gasteiger partial charge in [-0.3, -0.25) is 0 Å². The van der Waals surface area contributed by atoms with E-state index in [1.54, 1.807) is 17.8 Å². The fourth-order valence-electron chi connectivity index (χ4n) is 4.83. The van der Waals surface area contributed by atoms with Crippen LogP contribution in [0.2, 0.25) is 0 Å². The van der Waals surface area contributed by atoms with Gasteiger partial charge in [0.2, 0.25) is 0 Å². The van der Waals surface area contributed by atoms with E-state index in [0.29, 0.717) is 0 Å². The molecule has 4 saturated carbocycles. The van der Waals surface area contributed by atoms with Gasteiger partial charge in [-0.15, -0.1) is 11.8 Å². The lowest BCUT2D eigenvalue weighted by atomic mass is 9.52. The number of nitriles is 1. The molecule has 0 aromatic carbocycles. The van der Waals surface area contributed by atoms with E-state index in [0.717, 1.165) is 41.2 Å². The summed E-state index contributed by atoms with van der Waals surface area (Å²) in [6, 6.07) is 2.13. The smallest absolute Gasteiger partial charge is 0.0939 e. The standard InChI is InChI=1S/C15H22N2S/c1-18-15(2-3-16)17-9-14-12-5-10-4-11(7-12)8-13(14)6-10/h2,10-14,17H,4-9H2,1H3/b15-2-. The largest absolute Gasteiger partial charge is 0.379 e. The highest BCUT2D eigenvalue weighted by molar-refractivity contribution is 8.02. The minimum atomic E-state index is 0.868. The zero-order valence-corrected chi connectivity index (χ0v) is 11.9. The highest BCUT2D eigenvalue weighted by Crippen LogP contribution is 2.56. The fourth-order valence-corrected chi connectivity index (χ4v) is 5.23. The molecule has 98 valence electrons. The molecule has 0 radical (unpaired) electrons. The van der Waals surface area contributed by atoms with Crippen LogP contribution < -0.4 is 5.32 Å². The summed E-state index contributed by atoms with van der Waals surface area (Å²) in [6.07, 6.45) is 11.1. The maximum absolute atomic E-state index is 8.73. The first kappa shape index (κ1) is 12.4. The van der Waals surface area contributed by atoms with Crippen molar-refractivity contribution in [2.75, 3.05) is 12.8 Å². The molecule has 4 aliphatic carbocycles. The molecule has 0 heterocycles. The van der Waals surface area contributed by atoms with Gasteiger partial charge in [-0.25, -0.2) is 0 Å². The van der Waals surface area contributed by atoms with Crippen LogP contribution in [0.5, 0.6) is 0 Å². The lowest BCUT2D eigenvalue weighted by Crippen LogP contribution is -2.48. The third kappa shape index (κ3) is 2.28. The molecule has 18 heavy (non-hydrogen) atoms. The molecule has 4 fully saturated rings. The number of hydrogen-bond acceptors (Lipinski definition) is 3. The summed E-state index contributed by atoms with van der Waals surface area (Å²) in [5.74, 6) is 4.92. The molecule has 1 N–H and O–H groups in total. The molecule has 4 rings (SSSR count). The molecule has 0 aromatic heterocycles. The Labute approximate surface area is 114 Å². The van der Waals surface area contributed by atoms with Gasteiger partial charge in [0.1, 0.15) is 0 Å². The quantitative estimate of drug-likeness (QED) is 0.789. The molecule has 4 bridgehead atoms. The van der Waals surface area contributed by atoms with Gasteiger partial charge < -0.3 is 5.32 Å². The van der Waals surface area contributed by atoms with Crippen molar-refractivity contribution in [1.82, 2.24) is 5.32 Å². The Hall–Kier alpha value is -0.620. The Bertz CT molecular complexity index is 354. The van der Waals surface area contributed by atoms with Crippen LogP contribution in [-0.4, -0.2) is 12.8 Å². The zero-order valence-electron chi connectivity index (χ0n) is 11.1. The summed E-state index contributed by atoms with van der Waals surface area (Å²) in [5.41, 5.74) is 0. The van der Waals surface area contributed by atoms with Crippen molar-refractivity contribution in [2.45, 2.75) is 32.1 Å². The van der Waals surface area contributed by atoms with Crippen LogP contribution in [0.15, 0.2) is 11.1 Å². The first-order chi connectivity index (χ1) is 8.80. The van der Waals surface area contributed by atoms with Crippen molar-refractivity contribution >= 4 is 11.8 Å². The van der Waals surface area contributed by atoms with Crippen molar-refractivity contribution < 1.29 is 0 Å². The second kappa shape index (κ2) is 5.17. The second-order valence-corrected chi connectivity index (χ2v) is 7.17. The molecule has 2 nitrogen and oxygen atoms in total. The predicted molar refractivity (Wildman–Crippen MR) is 75.7 cm³/mol. The van der Waals surface area contributed by atoms with Crippen molar-refractivity contribution in [3.63, 3.8) is 0 Å². The Morgan fingerprint density at radius 2 is 1.83 bits per heavy atom. The third-order valence-corrected chi connectivity index (χ3v) is 6.05. The molecule has 4 aliphatic rings. The maximum Gasteiger partial charge on any atom is 0.0939 e. The van der Waals surface area contributed by atoms with Crippen LogP contribution in [0.3, 0.4) is 0 Å². The Morgan fingerprint density at radius 1 is 1.22 bits per heavy atom. The Kier molecular flexibility index (Phi) is 3.56. The van der Waals surface area contributed by atoms with Crippen LogP contribution >= 0.6 is 11.8 Å². The van der Waals surface area contributed by atoms with E-state index in [4.69, 9.17) is 5.26 Å².